The van der Waals surface area contributed by atoms with Gasteiger partial charge < -0.3 is 9.84 Å². The number of nitrogens with zero attached hydrogens (tertiary/aromatic N) is 1. The number of rotatable bonds is 4. The quantitative estimate of drug-likeness (QED) is 0.925. The second-order valence-electron chi connectivity index (χ2n) is 6.05. The molecule has 0 spiro atoms. The van der Waals surface area contributed by atoms with Crippen molar-refractivity contribution in [2.24, 2.45) is 5.92 Å². The van der Waals surface area contributed by atoms with Crippen molar-refractivity contribution in [3.05, 3.63) is 36.5 Å². The Hall–Kier alpha value is -1.61. The number of pyridine rings is 1. The van der Waals surface area contributed by atoms with Gasteiger partial charge >= 0.3 is 0 Å². The van der Waals surface area contributed by atoms with E-state index in [9.17, 15) is 5.11 Å². The molecule has 1 heterocycles. The zero-order valence-electron chi connectivity index (χ0n) is 12.5. The van der Waals surface area contributed by atoms with Crippen molar-refractivity contribution in [3.63, 3.8) is 0 Å². The summed E-state index contributed by atoms with van der Waals surface area (Å²) < 4.78 is 6.06. The Morgan fingerprint density at radius 1 is 1.29 bits per heavy atom. The fourth-order valence-electron chi connectivity index (χ4n) is 3.29. The van der Waals surface area contributed by atoms with Gasteiger partial charge in [-0.2, -0.15) is 0 Å². The van der Waals surface area contributed by atoms with Gasteiger partial charge in [-0.15, -0.1) is 0 Å². The van der Waals surface area contributed by atoms with Gasteiger partial charge in [0, 0.05) is 17.6 Å². The Bertz CT molecular complexity index is 599. The smallest absolute Gasteiger partial charge is 0.125 e. The Kier molecular flexibility index (Phi) is 4.39. The molecule has 112 valence electrons. The molecule has 0 amide bonds. The minimum Gasteiger partial charge on any atom is -0.488 e. The molecule has 1 N–H and O–H groups in total. The van der Waals surface area contributed by atoms with E-state index in [0.717, 1.165) is 35.9 Å². The molecule has 1 fully saturated rings. The maximum Gasteiger partial charge on any atom is 0.125 e. The molecule has 2 aromatic rings. The van der Waals surface area contributed by atoms with Crippen LogP contribution in [0.4, 0.5) is 0 Å². The van der Waals surface area contributed by atoms with Gasteiger partial charge in [0.2, 0.25) is 0 Å². The number of hydrogen-bond donors (Lipinski definition) is 1. The predicted octanol–water partition coefficient (Wildman–Crippen LogP) is 3.94. The third-order valence-electron chi connectivity index (χ3n) is 4.43. The molecule has 0 saturated heterocycles. The van der Waals surface area contributed by atoms with Crippen LogP contribution in [0.15, 0.2) is 36.5 Å². The van der Waals surface area contributed by atoms with Crippen LogP contribution in [0.5, 0.6) is 5.75 Å². The molecule has 3 heteroatoms. The largest absolute Gasteiger partial charge is 0.488 e. The van der Waals surface area contributed by atoms with Gasteiger partial charge in [-0.1, -0.05) is 25.8 Å². The zero-order valence-corrected chi connectivity index (χ0v) is 12.5. The third kappa shape index (κ3) is 3.35. The molecule has 3 atom stereocenters. The minimum atomic E-state index is -0.350. The molecule has 21 heavy (non-hydrogen) atoms. The standard InChI is InChI=1S/C18H23NO2/c1-2-4-13-6-9-17(20)18(11-13)21-15-8-7-14-5-3-10-19-16(14)12-15/h3,5,7-8,10,12-13,17-18,20H,2,4,6,9,11H2,1H3. The molecular formula is C18H23NO2. The van der Waals surface area contributed by atoms with Gasteiger partial charge in [0.15, 0.2) is 0 Å². The highest BCUT2D eigenvalue weighted by atomic mass is 16.5. The molecule has 1 aromatic heterocycles. The molecule has 3 rings (SSSR count). The minimum absolute atomic E-state index is 0.0866. The molecule has 1 aliphatic carbocycles. The summed E-state index contributed by atoms with van der Waals surface area (Å²) in [5.74, 6) is 1.49. The summed E-state index contributed by atoms with van der Waals surface area (Å²) in [7, 11) is 0. The van der Waals surface area contributed by atoms with Gasteiger partial charge in [0.1, 0.15) is 11.9 Å². The summed E-state index contributed by atoms with van der Waals surface area (Å²) in [5.41, 5.74) is 0.936. The lowest BCUT2D eigenvalue weighted by molar-refractivity contribution is -0.0116. The average Bonchev–Trinajstić information content (AvgIpc) is 2.51. The van der Waals surface area contributed by atoms with Crippen LogP contribution in [0.1, 0.15) is 39.0 Å². The van der Waals surface area contributed by atoms with Crippen molar-refractivity contribution in [2.45, 2.75) is 51.2 Å². The van der Waals surface area contributed by atoms with E-state index in [1.165, 1.54) is 12.8 Å². The van der Waals surface area contributed by atoms with E-state index in [1.54, 1.807) is 6.20 Å². The maximum atomic E-state index is 10.2. The van der Waals surface area contributed by atoms with E-state index in [-0.39, 0.29) is 12.2 Å². The Morgan fingerprint density at radius 3 is 3.05 bits per heavy atom. The molecule has 3 nitrogen and oxygen atoms in total. The first-order chi connectivity index (χ1) is 10.3. The van der Waals surface area contributed by atoms with E-state index >= 15 is 0 Å². The predicted molar refractivity (Wildman–Crippen MR) is 84.4 cm³/mol. The topological polar surface area (TPSA) is 42.4 Å². The van der Waals surface area contributed by atoms with E-state index in [4.69, 9.17) is 4.74 Å². The summed E-state index contributed by atoms with van der Waals surface area (Å²) in [4.78, 5) is 4.36. The summed E-state index contributed by atoms with van der Waals surface area (Å²) in [5, 5.41) is 11.3. The fraction of sp³-hybridized carbons (Fsp3) is 0.500. The monoisotopic (exact) mass is 285 g/mol. The van der Waals surface area contributed by atoms with E-state index in [2.05, 4.69) is 11.9 Å². The number of hydrogen-bond acceptors (Lipinski definition) is 3. The van der Waals surface area contributed by atoms with Crippen molar-refractivity contribution in [1.29, 1.82) is 0 Å². The fourth-order valence-corrected chi connectivity index (χ4v) is 3.29. The normalized spacial score (nSPS) is 25.9. The van der Waals surface area contributed by atoms with Crippen LogP contribution >= 0.6 is 0 Å². The van der Waals surface area contributed by atoms with E-state index in [1.807, 2.05) is 30.3 Å². The second kappa shape index (κ2) is 6.44. The van der Waals surface area contributed by atoms with Gasteiger partial charge in [-0.05, 0) is 43.4 Å². The lowest BCUT2D eigenvalue weighted by atomic mass is 9.83. The number of fused-ring (bicyclic) bond motifs is 1. The number of aromatic nitrogens is 1. The first-order valence-electron chi connectivity index (χ1n) is 7.95. The highest BCUT2D eigenvalue weighted by molar-refractivity contribution is 5.79. The van der Waals surface area contributed by atoms with Crippen LogP contribution in [-0.4, -0.2) is 22.3 Å². The van der Waals surface area contributed by atoms with Crippen molar-refractivity contribution < 1.29 is 9.84 Å². The molecule has 0 bridgehead atoms. The number of aliphatic hydroxyl groups excluding tert-OH is 1. The van der Waals surface area contributed by atoms with Crippen LogP contribution in [0.25, 0.3) is 10.9 Å². The third-order valence-corrected chi connectivity index (χ3v) is 4.43. The molecule has 0 radical (unpaired) electrons. The van der Waals surface area contributed by atoms with Crippen LogP contribution in [-0.2, 0) is 0 Å². The van der Waals surface area contributed by atoms with Crippen LogP contribution < -0.4 is 4.74 Å². The maximum absolute atomic E-state index is 10.2. The summed E-state index contributed by atoms with van der Waals surface area (Å²) in [6.45, 7) is 2.22. The second-order valence-corrected chi connectivity index (χ2v) is 6.05. The van der Waals surface area contributed by atoms with Gasteiger partial charge in [0.25, 0.3) is 0 Å². The lowest BCUT2D eigenvalue weighted by Crippen LogP contribution is -2.38. The van der Waals surface area contributed by atoms with Crippen molar-refractivity contribution in [1.82, 2.24) is 4.98 Å². The van der Waals surface area contributed by atoms with Crippen molar-refractivity contribution in [3.8, 4) is 5.75 Å². The zero-order chi connectivity index (χ0) is 14.7. The van der Waals surface area contributed by atoms with E-state index in [0.29, 0.717) is 5.92 Å². The van der Waals surface area contributed by atoms with Crippen LogP contribution in [0, 0.1) is 5.92 Å². The SMILES string of the molecule is CCCC1CCC(O)C(Oc2ccc3cccnc3c2)C1. The molecule has 1 saturated carbocycles. The number of aliphatic hydroxyl groups is 1. The Labute approximate surface area is 126 Å². The van der Waals surface area contributed by atoms with Crippen LogP contribution in [0.2, 0.25) is 0 Å². The van der Waals surface area contributed by atoms with E-state index < -0.39 is 0 Å². The summed E-state index contributed by atoms with van der Waals surface area (Å²) >= 11 is 0. The molecule has 3 unspecified atom stereocenters. The highest BCUT2D eigenvalue weighted by Gasteiger charge is 2.30. The molecular weight excluding hydrogens is 262 g/mol. The molecule has 0 aliphatic heterocycles. The summed E-state index contributed by atoms with van der Waals surface area (Å²) in [6, 6.07) is 9.93. The summed E-state index contributed by atoms with van der Waals surface area (Å²) in [6.07, 6.45) is 6.71. The van der Waals surface area contributed by atoms with Crippen LogP contribution in [0.3, 0.4) is 0 Å². The van der Waals surface area contributed by atoms with Gasteiger partial charge in [-0.3, -0.25) is 4.98 Å². The Balaban J connectivity index is 1.73. The highest BCUT2D eigenvalue weighted by Crippen LogP contribution is 2.31. The lowest BCUT2D eigenvalue weighted by Gasteiger charge is -2.33. The first kappa shape index (κ1) is 14.3. The first-order valence-corrected chi connectivity index (χ1v) is 7.95. The number of ether oxygens (including phenoxy) is 1. The Morgan fingerprint density at radius 2 is 2.19 bits per heavy atom. The number of benzene rings is 1. The van der Waals surface area contributed by atoms with Crippen molar-refractivity contribution in [2.75, 3.05) is 0 Å². The van der Waals surface area contributed by atoms with Gasteiger partial charge in [-0.25, -0.2) is 0 Å². The van der Waals surface area contributed by atoms with Gasteiger partial charge in [0.05, 0.1) is 11.6 Å². The molecule has 1 aromatic carbocycles. The van der Waals surface area contributed by atoms with Crippen molar-refractivity contribution >= 4 is 10.9 Å². The molecule has 1 aliphatic rings. The average molecular weight is 285 g/mol.